The van der Waals surface area contributed by atoms with Crippen LogP contribution in [0.5, 0.6) is 0 Å². The SMILES string of the molecule is N#Cc1ccc(NCC2CSCCS2)cn1. The summed E-state index contributed by atoms with van der Waals surface area (Å²) in [6.07, 6.45) is 1.72. The predicted molar refractivity (Wildman–Crippen MR) is 71.0 cm³/mol. The molecule has 1 fully saturated rings. The number of nitrogens with zero attached hydrogens (tertiary/aromatic N) is 2. The van der Waals surface area contributed by atoms with Crippen LogP contribution in [0.1, 0.15) is 5.69 Å². The van der Waals surface area contributed by atoms with Crippen LogP contribution < -0.4 is 5.32 Å². The Morgan fingerprint density at radius 3 is 3.06 bits per heavy atom. The molecule has 2 heterocycles. The number of rotatable bonds is 3. The van der Waals surface area contributed by atoms with E-state index in [1.807, 2.05) is 35.7 Å². The van der Waals surface area contributed by atoms with Gasteiger partial charge in [-0.25, -0.2) is 4.98 Å². The van der Waals surface area contributed by atoms with Crippen molar-refractivity contribution in [2.75, 3.05) is 29.1 Å². The van der Waals surface area contributed by atoms with Crippen molar-refractivity contribution in [1.82, 2.24) is 4.98 Å². The van der Waals surface area contributed by atoms with Crippen molar-refractivity contribution in [3.8, 4) is 6.07 Å². The van der Waals surface area contributed by atoms with Crippen LogP contribution in [0.15, 0.2) is 18.3 Å². The normalized spacial score (nSPS) is 20.1. The van der Waals surface area contributed by atoms with Crippen molar-refractivity contribution >= 4 is 29.2 Å². The molecule has 16 heavy (non-hydrogen) atoms. The third-order valence-corrected chi connectivity index (χ3v) is 5.14. The van der Waals surface area contributed by atoms with Gasteiger partial charge in [-0.05, 0) is 12.1 Å². The summed E-state index contributed by atoms with van der Waals surface area (Å²) in [5.74, 6) is 3.75. The number of nitriles is 1. The number of thioether (sulfide) groups is 2. The van der Waals surface area contributed by atoms with Crippen LogP contribution in [0.25, 0.3) is 0 Å². The molecule has 1 aromatic heterocycles. The summed E-state index contributed by atoms with van der Waals surface area (Å²) in [5.41, 5.74) is 1.46. The van der Waals surface area contributed by atoms with Crippen LogP contribution in [-0.4, -0.2) is 34.0 Å². The van der Waals surface area contributed by atoms with Gasteiger partial charge in [0, 0.05) is 29.1 Å². The molecule has 1 saturated heterocycles. The fraction of sp³-hybridized carbons (Fsp3) is 0.455. The first-order chi connectivity index (χ1) is 7.88. The lowest BCUT2D eigenvalue weighted by Gasteiger charge is -2.21. The van der Waals surface area contributed by atoms with E-state index >= 15 is 0 Å². The van der Waals surface area contributed by atoms with E-state index in [1.54, 1.807) is 12.3 Å². The average Bonchev–Trinajstić information content (AvgIpc) is 2.38. The summed E-state index contributed by atoms with van der Waals surface area (Å²) in [5, 5.41) is 12.7. The molecule has 5 heteroatoms. The Hall–Kier alpha value is -0.860. The molecule has 0 bridgehead atoms. The van der Waals surface area contributed by atoms with Crippen molar-refractivity contribution in [2.24, 2.45) is 0 Å². The Bertz CT molecular complexity index is 366. The lowest BCUT2D eigenvalue weighted by Crippen LogP contribution is -2.23. The van der Waals surface area contributed by atoms with Gasteiger partial charge in [-0.15, -0.1) is 0 Å². The lowest BCUT2D eigenvalue weighted by molar-refractivity contribution is 1.00. The van der Waals surface area contributed by atoms with Crippen LogP contribution in [0, 0.1) is 11.3 Å². The van der Waals surface area contributed by atoms with E-state index in [4.69, 9.17) is 5.26 Å². The summed E-state index contributed by atoms with van der Waals surface area (Å²) in [4.78, 5) is 4.03. The van der Waals surface area contributed by atoms with E-state index in [-0.39, 0.29) is 0 Å². The molecule has 0 amide bonds. The van der Waals surface area contributed by atoms with E-state index in [0.717, 1.165) is 12.2 Å². The predicted octanol–water partition coefficient (Wildman–Crippen LogP) is 2.21. The van der Waals surface area contributed by atoms with Crippen molar-refractivity contribution in [1.29, 1.82) is 5.26 Å². The lowest BCUT2D eigenvalue weighted by atomic mass is 10.3. The standard InChI is InChI=1S/C11H13N3S2/c12-5-9-1-2-10(6-13-9)14-7-11-8-15-3-4-16-11/h1-2,6,11,14H,3-4,7-8H2. The molecule has 1 atom stereocenters. The highest BCUT2D eigenvalue weighted by molar-refractivity contribution is 8.06. The molecule has 0 aliphatic carbocycles. The van der Waals surface area contributed by atoms with Gasteiger partial charge in [0.2, 0.25) is 0 Å². The van der Waals surface area contributed by atoms with Crippen LogP contribution >= 0.6 is 23.5 Å². The second-order valence-corrected chi connectivity index (χ2v) is 6.05. The Balaban J connectivity index is 1.82. The maximum atomic E-state index is 8.62. The number of anilines is 1. The molecule has 3 nitrogen and oxygen atoms in total. The van der Waals surface area contributed by atoms with E-state index in [0.29, 0.717) is 10.9 Å². The van der Waals surface area contributed by atoms with Crippen LogP contribution in [0.4, 0.5) is 5.69 Å². The third kappa shape index (κ3) is 3.32. The third-order valence-electron chi connectivity index (χ3n) is 2.30. The molecule has 0 saturated carbocycles. The smallest absolute Gasteiger partial charge is 0.140 e. The van der Waals surface area contributed by atoms with E-state index in [2.05, 4.69) is 10.3 Å². The molecule has 1 aliphatic heterocycles. The number of nitrogens with one attached hydrogen (secondary N) is 1. The minimum Gasteiger partial charge on any atom is -0.383 e. The summed E-state index contributed by atoms with van der Waals surface area (Å²) in [6, 6.07) is 5.66. The Labute approximate surface area is 104 Å². The topological polar surface area (TPSA) is 48.7 Å². The largest absolute Gasteiger partial charge is 0.383 e. The fourth-order valence-electron chi connectivity index (χ4n) is 1.45. The van der Waals surface area contributed by atoms with Crippen molar-refractivity contribution in [3.05, 3.63) is 24.0 Å². The molecule has 1 unspecified atom stereocenters. The van der Waals surface area contributed by atoms with Gasteiger partial charge in [0.15, 0.2) is 0 Å². The van der Waals surface area contributed by atoms with E-state index in [1.165, 1.54) is 17.3 Å². The molecular formula is C11H13N3S2. The van der Waals surface area contributed by atoms with E-state index < -0.39 is 0 Å². The van der Waals surface area contributed by atoms with Crippen LogP contribution in [0.2, 0.25) is 0 Å². The molecule has 0 spiro atoms. The second kappa shape index (κ2) is 6.02. The van der Waals surface area contributed by atoms with Gasteiger partial charge in [0.1, 0.15) is 11.8 Å². The van der Waals surface area contributed by atoms with Crippen LogP contribution in [0.3, 0.4) is 0 Å². The average molecular weight is 251 g/mol. The maximum Gasteiger partial charge on any atom is 0.140 e. The first-order valence-electron chi connectivity index (χ1n) is 5.18. The van der Waals surface area contributed by atoms with Gasteiger partial charge in [-0.3, -0.25) is 0 Å². The Kier molecular flexibility index (Phi) is 4.37. The summed E-state index contributed by atoms with van der Waals surface area (Å²) in [7, 11) is 0. The summed E-state index contributed by atoms with van der Waals surface area (Å²) in [6.45, 7) is 0.977. The number of aromatic nitrogens is 1. The van der Waals surface area contributed by atoms with Gasteiger partial charge in [0.05, 0.1) is 11.9 Å². The van der Waals surface area contributed by atoms with Crippen molar-refractivity contribution < 1.29 is 0 Å². The highest BCUT2D eigenvalue weighted by atomic mass is 32.2. The molecular weight excluding hydrogens is 238 g/mol. The van der Waals surface area contributed by atoms with Gasteiger partial charge in [-0.2, -0.15) is 28.8 Å². The van der Waals surface area contributed by atoms with E-state index in [9.17, 15) is 0 Å². The first-order valence-corrected chi connectivity index (χ1v) is 7.38. The molecule has 1 aromatic rings. The summed E-state index contributed by atoms with van der Waals surface area (Å²) < 4.78 is 0. The van der Waals surface area contributed by atoms with Gasteiger partial charge >= 0.3 is 0 Å². The Morgan fingerprint density at radius 1 is 1.50 bits per heavy atom. The fourth-order valence-corrected chi connectivity index (χ4v) is 4.06. The van der Waals surface area contributed by atoms with Gasteiger partial charge in [-0.1, -0.05) is 0 Å². The monoisotopic (exact) mass is 251 g/mol. The minimum atomic E-state index is 0.466. The summed E-state index contributed by atoms with van der Waals surface area (Å²) >= 11 is 4.06. The van der Waals surface area contributed by atoms with Crippen LogP contribution in [-0.2, 0) is 0 Å². The molecule has 84 valence electrons. The molecule has 0 radical (unpaired) electrons. The number of pyridine rings is 1. The molecule has 0 aromatic carbocycles. The maximum absolute atomic E-state index is 8.62. The van der Waals surface area contributed by atoms with Gasteiger partial charge < -0.3 is 5.32 Å². The number of hydrogen-bond acceptors (Lipinski definition) is 5. The first kappa shape index (κ1) is 11.6. The number of hydrogen-bond donors (Lipinski definition) is 1. The quantitative estimate of drug-likeness (QED) is 0.892. The molecule has 1 N–H and O–H groups in total. The zero-order valence-electron chi connectivity index (χ0n) is 8.85. The highest BCUT2D eigenvalue weighted by Gasteiger charge is 2.13. The Morgan fingerprint density at radius 2 is 2.44 bits per heavy atom. The van der Waals surface area contributed by atoms with Gasteiger partial charge in [0.25, 0.3) is 0 Å². The molecule has 1 aliphatic rings. The zero-order valence-corrected chi connectivity index (χ0v) is 10.5. The highest BCUT2D eigenvalue weighted by Crippen LogP contribution is 2.24. The van der Waals surface area contributed by atoms with Crippen molar-refractivity contribution in [3.63, 3.8) is 0 Å². The minimum absolute atomic E-state index is 0.466. The molecule has 2 rings (SSSR count). The second-order valence-electron chi connectivity index (χ2n) is 3.49. The van der Waals surface area contributed by atoms with Crippen molar-refractivity contribution in [2.45, 2.75) is 5.25 Å². The zero-order chi connectivity index (χ0) is 11.2.